The number of para-hydroxylation sites is 1. The highest BCUT2D eigenvalue weighted by Crippen LogP contribution is 2.28. The van der Waals surface area contributed by atoms with Crippen LogP contribution in [0.25, 0.3) is 0 Å². The summed E-state index contributed by atoms with van der Waals surface area (Å²) in [5.74, 6) is 2.62. The maximum absolute atomic E-state index is 10.5. The molecule has 0 saturated heterocycles. The molecule has 3 nitrogen and oxygen atoms in total. The lowest BCUT2D eigenvalue weighted by Gasteiger charge is -2.22. The average molecular weight is 202 g/mol. The summed E-state index contributed by atoms with van der Waals surface area (Å²) in [5, 5.41) is 12.7. The molecule has 3 heteroatoms. The summed E-state index contributed by atoms with van der Waals surface area (Å²) in [6, 6.07) is 7.01. The zero-order valence-corrected chi connectivity index (χ0v) is 8.70. The van der Waals surface area contributed by atoms with Crippen LogP contribution >= 0.6 is 0 Å². The summed E-state index contributed by atoms with van der Waals surface area (Å²) < 4.78 is 0. The number of amides is 1. The molecule has 15 heavy (non-hydrogen) atoms. The van der Waals surface area contributed by atoms with Crippen LogP contribution in [0.5, 0.6) is 0 Å². The molecule has 1 aromatic rings. The van der Waals surface area contributed by atoms with Crippen LogP contribution < -0.4 is 10.4 Å². The van der Waals surface area contributed by atoms with E-state index in [2.05, 4.69) is 11.2 Å². The van der Waals surface area contributed by atoms with Crippen LogP contribution in [0.15, 0.2) is 24.3 Å². The van der Waals surface area contributed by atoms with E-state index in [0.717, 1.165) is 5.56 Å². The lowest BCUT2D eigenvalue weighted by molar-refractivity contribution is -0.242. The van der Waals surface area contributed by atoms with Crippen molar-refractivity contribution in [3.63, 3.8) is 0 Å². The first kappa shape index (κ1) is 11.1. The number of carbonyl (C=O) groups excluding carboxylic acids is 1. The molecule has 0 radical (unpaired) electrons. The fourth-order valence-electron chi connectivity index (χ4n) is 1.32. The van der Waals surface area contributed by atoms with Gasteiger partial charge in [0.2, 0.25) is 0 Å². The standard InChI is InChI=1S/C12H13NO2/c1-4-12(2,3)9-7-5-6-8-10(9)13-11(14)15/h1,5-8,13H,2-3H3,(H,14,15)/p-1. The molecule has 1 N–H and O–H groups in total. The zero-order chi connectivity index (χ0) is 11.5. The van der Waals surface area contributed by atoms with E-state index < -0.39 is 11.5 Å². The van der Waals surface area contributed by atoms with Gasteiger partial charge in [0.15, 0.2) is 0 Å². The van der Waals surface area contributed by atoms with Crippen molar-refractivity contribution in [2.24, 2.45) is 0 Å². The van der Waals surface area contributed by atoms with Gasteiger partial charge in [-0.15, -0.1) is 6.42 Å². The van der Waals surface area contributed by atoms with Gasteiger partial charge in [-0.3, -0.25) is 0 Å². The molecule has 0 spiro atoms. The number of nitrogens with one attached hydrogen (secondary N) is 1. The number of rotatable bonds is 2. The Morgan fingerprint density at radius 1 is 1.47 bits per heavy atom. The fraction of sp³-hybridized carbons (Fsp3) is 0.250. The van der Waals surface area contributed by atoms with Gasteiger partial charge in [0.25, 0.3) is 0 Å². The summed E-state index contributed by atoms with van der Waals surface area (Å²) in [4.78, 5) is 10.5. The number of anilines is 1. The fourth-order valence-corrected chi connectivity index (χ4v) is 1.32. The van der Waals surface area contributed by atoms with Gasteiger partial charge in [0.1, 0.15) is 6.09 Å². The first-order valence-corrected chi connectivity index (χ1v) is 4.52. The third-order valence-electron chi connectivity index (χ3n) is 2.20. The molecule has 0 aliphatic rings. The van der Waals surface area contributed by atoms with Crippen LogP contribution in [0.4, 0.5) is 10.5 Å². The van der Waals surface area contributed by atoms with Crippen molar-refractivity contribution in [2.75, 3.05) is 5.32 Å². The molecule has 1 rings (SSSR count). The molecule has 0 atom stereocenters. The van der Waals surface area contributed by atoms with Gasteiger partial charge >= 0.3 is 0 Å². The topological polar surface area (TPSA) is 52.2 Å². The summed E-state index contributed by atoms with van der Waals surface area (Å²) in [5.41, 5.74) is 0.719. The second kappa shape index (κ2) is 4.05. The van der Waals surface area contributed by atoms with Crippen molar-refractivity contribution in [1.29, 1.82) is 0 Å². The number of carbonyl (C=O) groups is 1. The molecule has 0 saturated carbocycles. The molecule has 0 unspecified atom stereocenters. The van der Waals surface area contributed by atoms with Crippen molar-refractivity contribution in [1.82, 2.24) is 0 Å². The predicted octanol–water partition coefficient (Wildman–Crippen LogP) is 1.35. The minimum Gasteiger partial charge on any atom is -0.530 e. The number of benzene rings is 1. The first-order valence-electron chi connectivity index (χ1n) is 4.52. The Hall–Kier alpha value is -1.95. The van der Waals surface area contributed by atoms with Gasteiger partial charge in [-0.05, 0) is 25.5 Å². The lowest BCUT2D eigenvalue weighted by Crippen LogP contribution is -2.30. The van der Waals surface area contributed by atoms with E-state index in [-0.39, 0.29) is 0 Å². The van der Waals surface area contributed by atoms with Crippen molar-refractivity contribution in [2.45, 2.75) is 19.3 Å². The van der Waals surface area contributed by atoms with Crippen LogP contribution in [0.3, 0.4) is 0 Å². The first-order chi connectivity index (χ1) is 6.97. The number of terminal acetylenes is 1. The molecule has 0 bridgehead atoms. The minimum absolute atomic E-state index is 0.473. The van der Waals surface area contributed by atoms with E-state index in [1.807, 2.05) is 19.9 Å². The lowest BCUT2D eigenvalue weighted by atomic mass is 9.84. The van der Waals surface area contributed by atoms with E-state index in [9.17, 15) is 9.90 Å². The van der Waals surface area contributed by atoms with Crippen LogP contribution in [0.1, 0.15) is 19.4 Å². The highest BCUT2D eigenvalue weighted by molar-refractivity contribution is 5.83. The molecule has 0 aliphatic heterocycles. The monoisotopic (exact) mass is 202 g/mol. The summed E-state index contributed by atoms with van der Waals surface area (Å²) >= 11 is 0. The van der Waals surface area contributed by atoms with Crippen molar-refractivity contribution < 1.29 is 9.90 Å². The van der Waals surface area contributed by atoms with Crippen LogP contribution in [-0.4, -0.2) is 6.09 Å². The Morgan fingerprint density at radius 2 is 2.07 bits per heavy atom. The largest absolute Gasteiger partial charge is 0.530 e. The van der Waals surface area contributed by atoms with Crippen LogP contribution in [0.2, 0.25) is 0 Å². The second-order valence-electron chi connectivity index (χ2n) is 3.73. The molecular weight excluding hydrogens is 190 g/mol. The highest BCUT2D eigenvalue weighted by Gasteiger charge is 2.20. The van der Waals surface area contributed by atoms with Crippen molar-refractivity contribution >= 4 is 11.8 Å². The Balaban J connectivity index is 3.19. The minimum atomic E-state index is -1.34. The highest BCUT2D eigenvalue weighted by atomic mass is 16.4. The van der Waals surface area contributed by atoms with Gasteiger partial charge < -0.3 is 15.2 Å². The summed E-state index contributed by atoms with van der Waals surface area (Å²) in [6.07, 6.45) is 4.06. The van der Waals surface area contributed by atoms with Gasteiger partial charge in [0, 0.05) is 5.69 Å². The van der Waals surface area contributed by atoms with Crippen LogP contribution in [0, 0.1) is 12.3 Å². The predicted molar refractivity (Wildman–Crippen MR) is 57.3 cm³/mol. The third kappa shape index (κ3) is 2.50. The SMILES string of the molecule is C#CC(C)(C)c1ccccc1NC(=O)[O-]. The van der Waals surface area contributed by atoms with Crippen molar-refractivity contribution in [3.05, 3.63) is 29.8 Å². The Bertz CT molecular complexity index is 416. The van der Waals surface area contributed by atoms with Crippen molar-refractivity contribution in [3.8, 4) is 12.3 Å². The van der Waals surface area contributed by atoms with Gasteiger partial charge in [0.05, 0.1) is 5.41 Å². The maximum Gasteiger partial charge on any atom is 0.138 e. The zero-order valence-electron chi connectivity index (χ0n) is 8.70. The Kier molecular flexibility index (Phi) is 3.01. The molecular formula is C12H12NO2-. The van der Waals surface area contributed by atoms with E-state index in [1.54, 1.807) is 18.2 Å². The van der Waals surface area contributed by atoms with E-state index in [1.165, 1.54) is 0 Å². The van der Waals surface area contributed by atoms with Gasteiger partial charge in [-0.25, -0.2) is 0 Å². The summed E-state index contributed by atoms with van der Waals surface area (Å²) in [7, 11) is 0. The van der Waals surface area contributed by atoms with Gasteiger partial charge in [-0.1, -0.05) is 24.1 Å². The van der Waals surface area contributed by atoms with E-state index >= 15 is 0 Å². The molecule has 1 aromatic carbocycles. The Labute approximate surface area is 89.1 Å². The number of hydrogen-bond donors (Lipinski definition) is 1. The number of carboxylic acid groups (broad SMARTS) is 1. The molecule has 0 heterocycles. The van der Waals surface area contributed by atoms with E-state index in [0.29, 0.717) is 5.69 Å². The maximum atomic E-state index is 10.5. The summed E-state index contributed by atoms with van der Waals surface area (Å²) in [6.45, 7) is 3.70. The van der Waals surface area contributed by atoms with E-state index in [4.69, 9.17) is 6.42 Å². The van der Waals surface area contributed by atoms with Crippen LogP contribution in [-0.2, 0) is 5.41 Å². The average Bonchev–Trinajstić information content (AvgIpc) is 2.17. The second-order valence-corrected chi connectivity index (χ2v) is 3.73. The molecule has 78 valence electrons. The third-order valence-corrected chi connectivity index (χ3v) is 2.20. The molecule has 0 fully saturated rings. The molecule has 0 aliphatic carbocycles. The van der Waals surface area contributed by atoms with Gasteiger partial charge in [-0.2, -0.15) is 0 Å². The quantitative estimate of drug-likeness (QED) is 0.736. The molecule has 0 aromatic heterocycles. The smallest absolute Gasteiger partial charge is 0.138 e. The Morgan fingerprint density at radius 3 is 2.60 bits per heavy atom. The number of hydrogen-bond acceptors (Lipinski definition) is 2. The normalized spacial score (nSPS) is 10.5. The molecule has 1 amide bonds.